The van der Waals surface area contributed by atoms with E-state index in [9.17, 15) is 4.79 Å². The zero-order valence-corrected chi connectivity index (χ0v) is 15.1. The molecule has 2 aromatic carbocycles. The molecule has 0 saturated carbocycles. The van der Waals surface area contributed by atoms with Crippen molar-refractivity contribution in [1.29, 1.82) is 0 Å². The van der Waals surface area contributed by atoms with Crippen LogP contribution in [0.3, 0.4) is 0 Å². The van der Waals surface area contributed by atoms with Gasteiger partial charge in [0.1, 0.15) is 0 Å². The lowest BCUT2D eigenvalue weighted by molar-refractivity contribution is 0.0600. The number of methoxy groups -OCH3 is 1. The van der Waals surface area contributed by atoms with Crippen molar-refractivity contribution in [1.82, 2.24) is 0 Å². The topological polar surface area (TPSA) is 26.3 Å². The molecule has 0 atom stereocenters. The predicted molar refractivity (Wildman–Crippen MR) is 100 cm³/mol. The van der Waals surface area contributed by atoms with Crippen LogP contribution in [-0.4, -0.2) is 13.1 Å². The van der Waals surface area contributed by atoms with Gasteiger partial charge < -0.3 is 4.74 Å². The minimum atomic E-state index is -0.245. The van der Waals surface area contributed by atoms with Crippen molar-refractivity contribution in [2.45, 2.75) is 52.4 Å². The van der Waals surface area contributed by atoms with Gasteiger partial charge in [-0.15, -0.1) is 0 Å². The highest BCUT2D eigenvalue weighted by molar-refractivity contribution is 5.91. The number of ether oxygens (including phenoxy) is 1. The van der Waals surface area contributed by atoms with Crippen LogP contribution in [-0.2, 0) is 17.6 Å². The second kappa shape index (κ2) is 9.27. The summed E-state index contributed by atoms with van der Waals surface area (Å²) in [5.74, 6) is -0.245. The number of carbonyl (C=O) groups is 1. The number of rotatable bonds is 8. The molecule has 0 heterocycles. The Morgan fingerprint density at radius 3 is 1.92 bits per heavy atom. The molecule has 128 valence electrons. The minimum absolute atomic E-state index is 0.245. The first-order chi connectivity index (χ1) is 11.7. The number of hydrogen-bond acceptors (Lipinski definition) is 2. The largest absolute Gasteiger partial charge is 0.465 e. The molecular weight excluding hydrogens is 296 g/mol. The van der Waals surface area contributed by atoms with Gasteiger partial charge in [-0.25, -0.2) is 4.79 Å². The van der Waals surface area contributed by atoms with Gasteiger partial charge in [0.05, 0.1) is 12.7 Å². The molecule has 0 saturated heterocycles. The van der Waals surface area contributed by atoms with E-state index in [1.807, 2.05) is 18.2 Å². The van der Waals surface area contributed by atoms with Crippen LogP contribution < -0.4 is 0 Å². The lowest BCUT2D eigenvalue weighted by atomic mass is 9.88. The van der Waals surface area contributed by atoms with E-state index in [0.29, 0.717) is 5.56 Å². The van der Waals surface area contributed by atoms with Crippen LogP contribution in [0.2, 0.25) is 0 Å². The van der Waals surface area contributed by atoms with Crippen molar-refractivity contribution in [3.63, 3.8) is 0 Å². The summed E-state index contributed by atoms with van der Waals surface area (Å²) in [6.07, 6.45) is 6.51. The molecule has 0 unspecified atom stereocenters. The first-order valence-corrected chi connectivity index (χ1v) is 9.00. The maximum Gasteiger partial charge on any atom is 0.337 e. The highest BCUT2D eigenvalue weighted by atomic mass is 16.5. The summed E-state index contributed by atoms with van der Waals surface area (Å²) in [7, 11) is 1.45. The van der Waals surface area contributed by atoms with Crippen LogP contribution in [0.1, 0.15) is 61.0 Å². The number of aryl methyl sites for hydroxylation is 2. The van der Waals surface area contributed by atoms with Crippen molar-refractivity contribution in [3.05, 3.63) is 59.2 Å². The van der Waals surface area contributed by atoms with Gasteiger partial charge in [0, 0.05) is 0 Å². The normalized spacial score (nSPS) is 10.6. The van der Waals surface area contributed by atoms with Gasteiger partial charge in [-0.05, 0) is 60.1 Å². The third-order valence-electron chi connectivity index (χ3n) is 4.38. The molecule has 0 fully saturated rings. The van der Waals surface area contributed by atoms with E-state index in [0.717, 1.165) is 38.5 Å². The molecule has 0 spiro atoms. The van der Waals surface area contributed by atoms with Crippen LogP contribution in [0, 0.1) is 0 Å². The molecule has 0 aliphatic rings. The Labute approximate surface area is 145 Å². The van der Waals surface area contributed by atoms with E-state index >= 15 is 0 Å². The van der Waals surface area contributed by atoms with E-state index in [1.165, 1.54) is 29.4 Å². The van der Waals surface area contributed by atoms with E-state index in [1.54, 1.807) is 0 Å². The molecule has 0 amide bonds. The Hall–Kier alpha value is -2.09. The van der Waals surface area contributed by atoms with Crippen molar-refractivity contribution < 1.29 is 9.53 Å². The van der Waals surface area contributed by atoms with Crippen molar-refractivity contribution in [2.75, 3.05) is 7.11 Å². The summed E-state index contributed by atoms with van der Waals surface area (Å²) < 4.78 is 4.96. The Morgan fingerprint density at radius 2 is 1.46 bits per heavy atom. The van der Waals surface area contributed by atoms with Gasteiger partial charge in [0.15, 0.2) is 0 Å². The van der Waals surface area contributed by atoms with E-state index in [2.05, 4.69) is 38.1 Å². The molecule has 0 aliphatic heterocycles. The number of hydrogen-bond donors (Lipinski definition) is 0. The Morgan fingerprint density at radius 1 is 0.917 bits per heavy atom. The van der Waals surface area contributed by atoms with Gasteiger partial charge >= 0.3 is 5.97 Å². The lowest BCUT2D eigenvalue weighted by Gasteiger charge is -2.17. The molecule has 2 rings (SSSR count). The van der Waals surface area contributed by atoms with Gasteiger partial charge in [0.25, 0.3) is 0 Å². The number of carbonyl (C=O) groups excluding carboxylic acids is 1. The third kappa shape index (κ3) is 4.47. The second-order valence-electron chi connectivity index (χ2n) is 6.23. The number of esters is 1. The molecule has 2 aromatic rings. The summed E-state index contributed by atoms with van der Waals surface area (Å²) in [4.78, 5) is 12.1. The molecular formula is C22H28O2. The SMILES string of the molecule is CCCCc1cc(C(=O)OC)cc(CCCC)c1-c1ccccc1. The smallest absolute Gasteiger partial charge is 0.337 e. The summed E-state index contributed by atoms with van der Waals surface area (Å²) in [5, 5.41) is 0. The molecule has 2 heteroatoms. The maximum atomic E-state index is 12.1. The Bertz CT molecular complexity index is 630. The first kappa shape index (κ1) is 18.3. The fourth-order valence-electron chi connectivity index (χ4n) is 3.11. The van der Waals surface area contributed by atoms with Crippen LogP contribution in [0.4, 0.5) is 0 Å². The van der Waals surface area contributed by atoms with E-state index < -0.39 is 0 Å². The molecule has 2 nitrogen and oxygen atoms in total. The molecule has 0 aromatic heterocycles. The van der Waals surface area contributed by atoms with Gasteiger partial charge in [0.2, 0.25) is 0 Å². The quantitative estimate of drug-likeness (QED) is 0.571. The van der Waals surface area contributed by atoms with Crippen LogP contribution in [0.5, 0.6) is 0 Å². The van der Waals surface area contributed by atoms with Crippen molar-refractivity contribution in [2.24, 2.45) is 0 Å². The van der Waals surface area contributed by atoms with Crippen molar-refractivity contribution >= 4 is 5.97 Å². The minimum Gasteiger partial charge on any atom is -0.465 e. The van der Waals surface area contributed by atoms with Crippen molar-refractivity contribution in [3.8, 4) is 11.1 Å². The summed E-state index contributed by atoms with van der Waals surface area (Å²) >= 11 is 0. The summed E-state index contributed by atoms with van der Waals surface area (Å²) in [6.45, 7) is 4.40. The van der Waals surface area contributed by atoms with Gasteiger partial charge in [-0.3, -0.25) is 0 Å². The summed E-state index contributed by atoms with van der Waals surface area (Å²) in [5.41, 5.74) is 5.75. The molecule has 0 aliphatic carbocycles. The zero-order valence-electron chi connectivity index (χ0n) is 15.1. The average molecular weight is 324 g/mol. The first-order valence-electron chi connectivity index (χ1n) is 9.00. The number of benzene rings is 2. The van der Waals surface area contributed by atoms with Crippen LogP contribution >= 0.6 is 0 Å². The average Bonchev–Trinajstić information content (AvgIpc) is 2.64. The van der Waals surface area contributed by atoms with Gasteiger partial charge in [-0.1, -0.05) is 57.0 Å². The fourth-order valence-corrected chi connectivity index (χ4v) is 3.11. The maximum absolute atomic E-state index is 12.1. The predicted octanol–water partition coefficient (Wildman–Crippen LogP) is 5.83. The van der Waals surface area contributed by atoms with Crippen LogP contribution in [0.25, 0.3) is 11.1 Å². The summed E-state index contributed by atoms with van der Waals surface area (Å²) in [6, 6.07) is 14.6. The highest BCUT2D eigenvalue weighted by Gasteiger charge is 2.16. The lowest BCUT2D eigenvalue weighted by Crippen LogP contribution is -2.06. The third-order valence-corrected chi connectivity index (χ3v) is 4.38. The van der Waals surface area contributed by atoms with E-state index in [-0.39, 0.29) is 5.97 Å². The molecule has 24 heavy (non-hydrogen) atoms. The molecule has 0 radical (unpaired) electrons. The van der Waals surface area contributed by atoms with Gasteiger partial charge in [-0.2, -0.15) is 0 Å². The molecule has 0 bridgehead atoms. The number of unbranched alkanes of at least 4 members (excludes halogenated alkanes) is 2. The zero-order chi connectivity index (χ0) is 17.4. The molecule has 0 N–H and O–H groups in total. The van der Waals surface area contributed by atoms with Crippen LogP contribution in [0.15, 0.2) is 42.5 Å². The second-order valence-corrected chi connectivity index (χ2v) is 6.23. The standard InChI is InChI=1S/C22H28O2/c1-4-6-11-18-15-20(22(23)24-3)16-19(12-7-5-2)21(18)17-13-9-8-10-14-17/h8-10,13-16H,4-7,11-12H2,1-3H3. The highest BCUT2D eigenvalue weighted by Crippen LogP contribution is 2.32. The Kier molecular flexibility index (Phi) is 7.05. The Balaban J connectivity index is 2.59. The monoisotopic (exact) mass is 324 g/mol. The van der Waals surface area contributed by atoms with E-state index in [4.69, 9.17) is 4.74 Å². The fraction of sp³-hybridized carbons (Fsp3) is 0.409.